The van der Waals surface area contributed by atoms with Crippen LogP contribution in [0.2, 0.25) is 0 Å². The van der Waals surface area contributed by atoms with Crippen LogP contribution in [0.3, 0.4) is 0 Å². The van der Waals surface area contributed by atoms with Gasteiger partial charge in [0.25, 0.3) is 0 Å². The Balaban J connectivity index is 2.77. The molecule has 1 heterocycles. The molecule has 0 saturated carbocycles. The first-order chi connectivity index (χ1) is 9.56. The molecule has 1 saturated heterocycles. The van der Waals surface area contributed by atoms with Crippen LogP contribution >= 0.6 is 22.6 Å². The van der Waals surface area contributed by atoms with Gasteiger partial charge in [-0.05, 0) is 6.92 Å². The molecule has 1 fully saturated rings. The molecular weight excluding hydrogens is 450 g/mol. The fraction of sp³-hybridized carbons (Fsp3) is 1.00. The highest BCUT2D eigenvalue weighted by Crippen LogP contribution is 2.54. The molecule has 2 nitrogen and oxygen atoms in total. The van der Waals surface area contributed by atoms with Gasteiger partial charge in [0.2, 0.25) is 0 Å². The number of rotatable bonds is 7. The van der Waals surface area contributed by atoms with Gasteiger partial charge in [-0.1, -0.05) is 22.6 Å². The molecule has 0 aliphatic carbocycles. The number of alkyl halides is 10. The summed E-state index contributed by atoms with van der Waals surface area (Å²) >= 11 is 1.20. The normalized spacial score (nSPS) is 25.2. The second-order valence-corrected chi connectivity index (χ2v) is 6.65. The fourth-order valence-corrected chi connectivity index (χ4v) is 2.06. The number of ether oxygens (including phenoxy) is 2. The summed E-state index contributed by atoms with van der Waals surface area (Å²) in [6, 6.07) is 0. The summed E-state index contributed by atoms with van der Waals surface area (Å²) in [6.45, 7) is 0.982. The summed E-state index contributed by atoms with van der Waals surface area (Å²) in [5.74, 6) is -20.1. The number of hydrogen-bond donors (Lipinski definition) is 0. The highest BCUT2D eigenvalue weighted by atomic mass is 127. The van der Waals surface area contributed by atoms with Crippen LogP contribution < -0.4 is 0 Å². The van der Waals surface area contributed by atoms with E-state index < -0.39 is 46.7 Å². The molecular formula is C10H10F9IO2. The number of halogens is 10. The molecule has 1 rings (SSSR count). The Bertz CT molecular complexity index is 406. The van der Waals surface area contributed by atoms with Gasteiger partial charge in [-0.2, -0.15) is 39.5 Å². The molecule has 0 amide bonds. The fourth-order valence-electron chi connectivity index (χ4n) is 1.32. The minimum atomic E-state index is -6.85. The van der Waals surface area contributed by atoms with Gasteiger partial charge in [0.1, 0.15) is 6.61 Å². The van der Waals surface area contributed by atoms with Crippen molar-refractivity contribution in [3.63, 3.8) is 0 Å². The van der Waals surface area contributed by atoms with Gasteiger partial charge < -0.3 is 9.47 Å². The van der Waals surface area contributed by atoms with Gasteiger partial charge in [-0.25, -0.2) is 0 Å². The lowest BCUT2D eigenvalue weighted by Gasteiger charge is -2.34. The van der Waals surface area contributed by atoms with Gasteiger partial charge in [-0.15, -0.1) is 0 Å². The molecule has 22 heavy (non-hydrogen) atoms. The third-order valence-electron chi connectivity index (χ3n) is 2.81. The molecule has 0 aromatic carbocycles. The van der Waals surface area contributed by atoms with Crippen molar-refractivity contribution in [3.8, 4) is 0 Å². The third-order valence-corrected chi connectivity index (χ3v) is 3.61. The van der Waals surface area contributed by atoms with Crippen molar-refractivity contribution < 1.29 is 49.0 Å². The van der Waals surface area contributed by atoms with Crippen LogP contribution in [-0.2, 0) is 9.47 Å². The smallest absolute Gasteiger partial charge is 0.347 e. The molecule has 0 radical (unpaired) electrons. The topological polar surface area (TPSA) is 21.8 Å². The predicted molar refractivity (Wildman–Crippen MR) is 63.6 cm³/mol. The van der Waals surface area contributed by atoms with Gasteiger partial charge in [0.15, 0.2) is 5.79 Å². The molecule has 132 valence electrons. The number of hydrogen-bond acceptors (Lipinski definition) is 2. The maximum atomic E-state index is 13.3. The Morgan fingerprint density at radius 3 is 1.86 bits per heavy atom. The minimum Gasteiger partial charge on any atom is -0.347 e. The zero-order valence-corrected chi connectivity index (χ0v) is 13.0. The van der Waals surface area contributed by atoms with E-state index in [1.165, 1.54) is 29.5 Å². The second kappa shape index (κ2) is 5.83. The average molecular weight is 460 g/mol. The number of epoxide rings is 1. The second-order valence-electron chi connectivity index (χ2n) is 4.89. The van der Waals surface area contributed by atoms with Crippen molar-refractivity contribution in [1.82, 2.24) is 0 Å². The van der Waals surface area contributed by atoms with Crippen molar-refractivity contribution in [1.29, 1.82) is 0 Å². The average Bonchev–Trinajstić information content (AvgIpc) is 3.03. The van der Waals surface area contributed by atoms with Gasteiger partial charge >= 0.3 is 23.9 Å². The van der Waals surface area contributed by atoms with Crippen molar-refractivity contribution in [3.05, 3.63) is 0 Å². The molecule has 2 unspecified atom stereocenters. The first-order valence-electron chi connectivity index (χ1n) is 5.68. The first-order valence-corrected chi connectivity index (χ1v) is 6.92. The Hall–Kier alpha value is 0.0200. The molecule has 0 aromatic rings. The van der Waals surface area contributed by atoms with E-state index in [9.17, 15) is 39.5 Å². The summed E-state index contributed by atoms with van der Waals surface area (Å²) in [7, 11) is 0. The lowest BCUT2D eigenvalue weighted by atomic mass is 10.00. The molecule has 1 aliphatic rings. The summed E-state index contributed by atoms with van der Waals surface area (Å²) in [5, 5.41) is 0. The molecule has 0 spiro atoms. The largest absolute Gasteiger partial charge is 0.460 e. The highest BCUT2D eigenvalue weighted by molar-refractivity contribution is 14.1. The van der Waals surface area contributed by atoms with E-state index in [0.717, 1.165) is 0 Å². The first kappa shape index (κ1) is 20.1. The molecule has 1 aliphatic heterocycles. The highest BCUT2D eigenvalue weighted by Gasteiger charge is 2.81. The van der Waals surface area contributed by atoms with Crippen LogP contribution in [0.1, 0.15) is 13.3 Å². The van der Waals surface area contributed by atoms with Crippen LogP contribution in [-0.4, -0.2) is 46.9 Å². The predicted octanol–water partition coefficient (Wildman–Crippen LogP) is 4.41. The lowest BCUT2D eigenvalue weighted by Crippen LogP contribution is -2.61. The van der Waals surface area contributed by atoms with Gasteiger partial charge in [0, 0.05) is 10.3 Å². The van der Waals surface area contributed by atoms with Crippen LogP contribution in [0.15, 0.2) is 0 Å². The van der Waals surface area contributed by atoms with Gasteiger partial charge in [0.05, 0.1) is 6.61 Å². The van der Waals surface area contributed by atoms with Crippen LogP contribution in [0.25, 0.3) is 0 Å². The van der Waals surface area contributed by atoms with Crippen molar-refractivity contribution in [2.45, 2.75) is 47.0 Å². The van der Waals surface area contributed by atoms with E-state index in [4.69, 9.17) is 9.47 Å². The molecule has 0 N–H and O–H groups in total. The van der Waals surface area contributed by atoms with Crippen LogP contribution in [0.4, 0.5) is 39.5 Å². The minimum absolute atomic E-state index is 0.134. The summed E-state index contributed by atoms with van der Waals surface area (Å²) in [6.07, 6.45) is -8.71. The Morgan fingerprint density at radius 2 is 1.50 bits per heavy atom. The SMILES string of the molecule is CC1(OCC(I)CC(F)(F)C(F)(F)C(F)(F)C(F)(F)F)CO1. The molecule has 2 atom stereocenters. The maximum absolute atomic E-state index is 13.3. The van der Waals surface area contributed by atoms with Crippen molar-refractivity contribution >= 4 is 22.6 Å². The summed E-state index contributed by atoms with van der Waals surface area (Å²) in [5.41, 5.74) is 0. The Morgan fingerprint density at radius 1 is 1.05 bits per heavy atom. The van der Waals surface area contributed by atoms with E-state index in [1.807, 2.05) is 0 Å². The van der Waals surface area contributed by atoms with E-state index >= 15 is 0 Å². The Labute approximate surface area is 132 Å². The Kier molecular flexibility index (Phi) is 5.32. The standard InChI is InChI=1S/C10H10F9IO2/c1-6(4-22-6)21-3-5(20)2-7(11,12)8(13,14)9(15,16)10(17,18)19/h5H,2-4H2,1H3. The summed E-state index contributed by atoms with van der Waals surface area (Å²) < 4.78 is 122. The van der Waals surface area contributed by atoms with E-state index in [-0.39, 0.29) is 6.61 Å². The summed E-state index contributed by atoms with van der Waals surface area (Å²) in [4.78, 5) is 0. The quantitative estimate of drug-likeness (QED) is 0.243. The van der Waals surface area contributed by atoms with Gasteiger partial charge in [-0.3, -0.25) is 0 Å². The van der Waals surface area contributed by atoms with E-state index in [2.05, 4.69) is 0 Å². The van der Waals surface area contributed by atoms with E-state index in [0.29, 0.717) is 0 Å². The van der Waals surface area contributed by atoms with Crippen molar-refractivity contribution in [2.75, 3.05) is 13.2 Å². The third kappa shape index (κ3) is 3.91. The zero-order chi connectivity index (χ0) is 17.6. The van der Waals surface area contributed by atoms with Crippen molar-refractivity contribution in [2.24, 2.45) is 0 Å². The maximum Gasteiger partial charge on any atom is 0.460 e. The molecule has 0 aromatic heterocycles. The molecule has 12 heteroatoms. The zero-order valence-electron chi connectivity index (χ0n) is 10.8. The van der Waals surface area contributed by atoms with Crippen LogP contribution in [0, 0.1) is 0 Å². The monoisotopic (exact) mass is 460 g/mol. The van der Waals surface area contributed by atoms with E-state index in [1.54, 1.807) is 0 Å². The lowest BCUT2D eigenvalue weighted by molar-refractivity contribution is -0.396. The molecule has 0 bridgehead atoms. The van der Waals surface area contributed by atoms with Crippen LogP contribution in [0.5, 0.6) is 0 Å².